The molecule has 1 aliphatic carbocycles. The fourth-order valence-electron chi connectivity index (χ4n) is 4.54. The third kappa shape index (κ3) is 4.52. The first kappa shape index (κ1) is 21.4. The van der Waals surface area contributed by atoms with Crippen LogP contribution >= 0.6 is 11.6 Å². The first-order valence-corrected chi connectivity index (χ1v) is 12.0. The zero-order chi connectivity index (χ0) is 22.2. The number of nitrogens with zero attached hydrogens (tertiary/aromatic N) is 4. The maximum Gasteiger partial charge on any atom is 0.252 e. The quantitative estimate of drug-likeness (QED) is 0.576. The molecule has 6 nitrogen and oxygen atoms in total. The van der Waals surface area contributed by atoms with Gasteiger partial charge in [-0.05, 0) is 63.3 Å². The number of fused-ring (bicyclic) bond motifs is 1. The Kier molecular flexibility index (Phi) is 5.91. The predicted molar refractivity (Wildman–Crippen MR) is 127 cm³/mol. The molecule has 0 spiro atoms. The van der Waals surface area contributed by atoms with Crippen LogP contribution in [0.25, 0.3) is 11.0 Å². The van der Waals surface area contributed by atoms with Crippen LogP contribution in [0.3, 0.4) is 0 Å². The molecular weight excluding hydrogens is 422 g/mol. The topological polar surface area (TPSA) is 63.1 Å². The minimum atomic E-state index is -0.00115. The predicted octanol–water partition coefficient (Wildman–Crippen LogP) is 4.94. The first-order valence-electron chi connectivity index (χ1n) is 11.6. The molecule has 168 valence electrons. The number of hydrogen-bond acceptors (Lipinski definition) is 4. The van der Waals surface area contributed by atoms with Gasteiger partial charge in [0, 0.05) is 48.4 Å². The number of benzene rings is 1. The van der Waals surface area contributed by atoms with Gasteiger partial charge in [-0.2, -0.15) is 5.10 Å². The summed E-state index contributed by atoms with van der Waals surface area (Å²) in [6.07, 6.45) is 6.01. The molecule has 1 aliphatic heterocycles. The molecule has 1 saturated carbocycles. The molecule has 32 heavy (non-hydrogen) atoms. The minimum Gasteiger partial charge on any atom is -0.349 e. The summed E-state index contributed by atoms with van der Waals surface area (Å²) in [5, 5.41) is 9.43. The number of aromatic nitrogens is 3. The van der Waals surface area contributed by atoms with Gasteiger partial charge in [-0.15, -0.1) is 0 Å². The van der Waals surface area contributed by atoms with E-state index < -0.39 is 0 Å². The van der Waals surface area contributed by atoms with Gasteiger partial charge >= 0.3 is 0 Å². The van der Waals surface area contributed by atoms with Gasteiger partial charge in [0.25, 0.3) is 5.91 Å². The van der Waals surface area contributed by atoms with E-state index in [2.05, 4.69) is 41.3 Å². The molecule has 0 radical (unpaired) electrons. The van der Waals surface area contributed by atoms with E-state index in [4.69, 9.17) is 16.6 Å². The van der Waals surface area contributed by atoms with Crippen molar-refractivity contribution in [3.05, 3.63) is 58.4 Å². The highest BCUT2D eigenvalue weighted by Gasteiger charge is 2.29. The highest BCUT2D eigenvalue weighted by Crippen LogP contribution is 2.40. The van der Waals surface area contributed by atoms with Crippen LogP contribution in [0.5, 0.6) is 0 Å². The highest BCUT2D eigenvalue weighted by atomic mass is 35.5. The van der Waals surface area contributed by atoms with Crippen LogP contribution in [0.1, 0.15) is 73.1 Å². The van der Waals surface area contributed by atoms with Crippen LogP contribution in [0.15, 0.2) is 36.5 Å². The Labute approximate surface area is 194 Å². The molecule has 0 atom stereocenters. The van der Waals surface area contributed by atoms with E-state index in [1.807, 2.05) is 22.9 Å². The van der Waals surface area contributed by atoms with Crippen molar-refractivity contribution in [2.75, 3.05) is 13.1 Å². The second-order valence-electron chi connectivity index (χ2n) is 9.44. The lowest BCUT2D eigenvalue weighted by Crippen LogP contribution is -2.44. The van der Waals surface area contributed by atoms with Crippen LogP contribution in [-0.4, -0.2) is 44.7 Å². The van der Waals surface area contributed by atoms with Crippen LogP contribution in [0, 0.1) is 0 Å². The van der Waals surface area contributed by atoms with Crippen molar-refractivity contribution in [3.63, 3.8) is 0 Å². The molecule has 2 aliphatic rings. The maximum absolute atomic E-state index is 13.3. The zero-order valence-corrected chi connectivity index (χ0v) is 19.5. The Bertz CT molecular complexity index is 1110. The number of carbonyl (C=O) groups excluding carboxylic acids is 1. The molecule has 2 fully saturated rings. The van der Waals surface area contributed by atoms with Gasteiger partial charge in [-0.3, -0.25) is 9.69 Å². The van der Waals surface area contributed by atoms with Crippen LogP contribution < -0.4 is 5.32 Å². The van der Waals surface area contributed by atoms with Gasteiger partial charge < -0.3 is 5.32 Å². The lowest BCUT2D eigenvalue weighted by molar-refractivity contribution is 0.0910. The van der Waals surface area contributed by atoms with Gasteiger partial charge in [0.05, 0.1) is 17.1 Å². The number of halogens is 1. The highest BCUT2D eigenvalue weighted by molar-refractivity contribution is 6.30. The Balaban J connectivity index is 1.27. The molecule has 7 heteroatoms. The second kappa shape index (κ2) is 8.83. The van der Waals surface area contributed by atoms with Gasteiger partial charge in [0.2, 0.25) is 0 Å². The van der Waals surface area contributed by atoms with Crippen molar-refractivity contribution in [2.24, 2.45) is 0 Å². The Morgan fingerprint density at radius 1 is 1.16 bits per heavy atom. The average molecular weight is 452 g/mol. The second-order valence-corrected chi connectivity index (χ2v) is 9.88. The van der Waals surface area contributed by atoms with E-state index in [0.717, 1.165) is 67.1 Å². The molecule has 1 amide bonds. The van der Waals surface area contributed by atoms with Gasteiger partial charge in [0.15, 0.2) is 5.65 Å². The molecule has 1 aromatic carbocycles. The lowest BCUT2D eigenvalue weighted by Gasteiger charge is -2.32. The Morgan fingerprint density at radius 2 is 1.88 bits per heavy atom. The number of amides is 1. The SMILES string of the molecule is CC(C)n1ncc2c(C(=O)NC3CCN(Cc4ccc(Cl)cc4)CC3)cc(C3CC3)nc21. The third-order valence-corrected chi connectivity index (χ3v) is 6.81. The van der Waals surface area contributed by atoms with E-state index in [1.54, 1.807) is 6.20 Å². The molecule has 5 rings (SSSR count). The summed E-state index contributed by atoms with van der Waals surface area (Å²) in [7, 11) is 0. The fourth-order valence-corrected chi connectivity index (χ4v) is 4.66. The number of likely N-dealkylation sites (tertiary alicyclic amines) is 1. The molecule has 3 heterocycles. The van der Waals surface area contributed by atoms with E-state index >= 15 is 0 Å². The van der Waals surface area contributed by atoms with Crippen LogP contribution in [-0.2, 0) is 6.54 Å². The summed E-state index contributed by atoms with van der Waals surface area (Å²) >= 11 is 5.99. The summed E-state index contributed by atoms with van der Waals surface area (Å²) in [5.41, 5.74) is 3.84. The van der Waals surface area contributed by atoms with Crippen LogP contribution in [0.2, 0.25) is 5.02 Å². The number of piperidine rings is 1. The molecule has 1 N–H and O–H groups in total. The van der Waals surface area contributed by atoms with Crippen molar-refractivity contribution < 1.29 is 4.79 Å². The largest absolute Gasteiger partial charge is 0.349 e. The van der Waals surface area contributed by atoms with Crippen molar-refractivity contribution in [1.29, 1.82) is 0 Å². The molecule has 2 aromatic heterocycles. The van der Waals surface area contributed by atoms with Gasteiger partial charge in [-0.25, -0.2) is 9.67 Å². The Morgan fingerprint density at radius 3 is 2.53 bits per heavy atom. The van der Waals surface area contributed by atoms with E-state index in [-0.39, 0.29) is 18.0 Å². The lowest BCUT2D eigenvalue weighted by atomic mass is 10.0. The Hall–Kier alpha value is -2.44. The van der Waals surface area contributed by atoms with E-state index in [9.17, 15) is 4.79 Å². The molecule has 1 saturated heterocycles. The van der Waals surface area contributed by atoms with E-state index in [1.165, 1.54) is 5.56 Å². The van der Waals surface area contributed by atoms with Gasteiger partial charge in [0.1, 0.15) is 0 Å². The van der Waals surface area contributed by atoms with Crippen molar-refractivity contribution in [2.45, 2.75) is 64.1 Å². The molecular formula is C25H30ClN5O. The number of rotatable bonds is 6. The summed E-state index contributed by atoms with van der Waals surface area (Å²) < 4.78 is 1.92. The first-order chi connectivity index (χ1) is 15.5. The normalized spacial score (nSPS) is 17.9. The number of pyridine rings is 1. The summed E-state index contributed by atoms with van der Waals surface area (Å²) in [5.74, 6) is 0.483. The smallest absolute Gasteiger partial charge is 0.252 e. The summed E-state index contributed by atoms with van der Waals surface area (Å²) in [6, 6.07) is 10.4. The van der Waals surface area contributed by atoms with Crippen molar-refractivity contribution in [3.8, 4) is 0 Å². The standard InChI is InChI=1S/C25H30ClN5O/c1-16(2)31-24-22(14-27-31)21(13-23(29-24)18-5-6-18)25(32)28-20-9-11-30(12-10-20)15-17-3-7-19(26)8-4-17/h3-4,7-8,13-14,16,18,20H,5-6,9-12,15H2,1-2H3,(H,28,32). The zero-order valence-electron chi connectivity index (χ0n) is 18.7. The monoisotopic (exact) mass is 451 g/mol. The third-order valence-electron chi connectivity index (χ3n) is 6.56. The number of carbonyl (C=O) groups is 1. The summed E-state index contributed by atoms with van der Waals surface area (Å²) in [4.78, 5) is 20.6. The molecule has 0 unspecified atom stereocenters. The van der Waals surface area contributed by atoms with Crippen LogP contribution in [0.4, 0.5) is 0 Å². The fraction of sp³-hybridized carbons (Fsp3) is 0.480. The molecule has 0 bridgehead atoms. The average Bonchev–Trinajstić information content (AvgIpc) is 3.54. The summed E-state index contributed by atoms with van der Waals surface area (Å²) in [6.45, 7) is 7.04. The maximum atomic E-state index is 13.3. The van der Waals surface area contributed by atoms with Crippen molar-refractivity contribution >= 4 is 28.5 Å². The minimum absolute atomic E-state index is 0.00115. The number of nitrogens with one attached hydrogen (secondary N) is 1. The van der Waals surface area contributed by atoms with Gasteiger partial charge in [-0.1, -0.05) is 23.7 Å². The molecule has 3 aromatic rings. The number of hydrogen-bond donors (Lipinski definition) is 1. The van der Waals surface area contributed by atoms with Crippen molar-refractivity contribution in [1.82, 2.24) is 25.0 Å². The van der Waals surface area contributed by atoms with E-state index in [0.29, 0.717) is 11.5 Å².